The topological polar surface area (TPSA) is 80.0 Å². The molecule has 1 aromatic heterocycles. The zero-order valence-electron chi connectivity index (χ0n) is 17.2. The molecule has 2 aliphatic heterocycles. The highest BCUT2D eigenvalue weighted by atomic mass is 16.5. The van der Waals surface area contributed by atoms with Crippen LogP contribution in [0.25, 0.3) is 5.76 Å². The Morgan fingerprint density at radius 2 is 1.84 bits per heavy atom. The van der Waals surface area contributed by atoms with Gasteiger partial charge in [-0.3, -0.25) is 14.5 Å². The van der Waals surface area contributed by atoms with Gasteiger partial charge in [-0.1, -0.05) is 18.2 Å². The number of benzene rings is 2. The number of hydrogen-bond acceptors (Lipinski definition) is 5. The number of amides is 1. The lowest BCUT2D eigenvalue weighted by molar-refractivity contribution is -0.132. The van der Waals surface area contributed by atoms with E-state index < -0.39 is 17.7 Å². The van der Waals surface area contributed by atoms with Gasteiger partial charge in [0.2, 0.25) is 0 Å². The van der Waals surface area contributed by atoms with E-state index in [-0.39, 0.29) is 17.4 Å². The molecular weight excluding hydrogens is 394 g/mol. The van der Waals surface area contributed by atoms with Crippen LogP contribution < -0.4 is 9.64 Å². The smallest absolute Gasteiger partial charge is 0.300 e. The summed E-state index contributed by atoms with van der Waals surface area (Å²) in [6.45, 7) is 3.77. The first-order valence-electron chi connectivity index (χ1n) is 10.2. The number of para-hydroxylation sites is 1. The van der Waals surface area contributed by atoms with E-state index >= 15 is 0 Å². The van der Waals surface area contributed by atoms with Crippen molar-refractivity contribution < 1.29 is 23.8 Å². The van der Waals surface area contributed by atoms with Gasteiger partial charge in [0.15, 0.2) is 0 Å². The lowest BCUT2D eigenvalue weighted by Crippen LogP contribution is -2.29. The molecule has 5 rings (SSSR count). The fourth-order valence-electron chi connectivity index (χ4n) is 4.28. The number of ether oxygens (including phenoxy) is 1. The predicted molar refractivity (Wildman–Crippen MR) is 115 cm³/mol. The summed E-state index contributed by atoms with van der Waals surface area (Å²) in [5.74, 6) is 0.165. The molecule has 2 aliphatic rings. The fraction of sp³-hybridized carbons (Fsp3) is 0.200. The Morgan fingerprint density at radius 3 is 2.55 bits per heavy atom. The third-order valence-corrected chi connectivity index (χ3v) is 5.68. The molecule has 2 aromatic carbocycles. The molecule has 31 heavy (non-hydrogen) atoms. The van der Waals surface area contributed by atoms with Crippen LogP contribution in [0.3, 0.4) is 0 Å². The number of ketones is 1. The van der Waals surface area contributed by atoms with Crippen LogP contribution in [0.15, 0.2) is 70.7 Å². The number of aliphatic hydroxyl groups excluding tert-OH is 1. The van der Waals surface area contributed by atoms with Crippen molar-refractivity contribution in [1.29, 1.82) is 0 Å². The molecule has 1 fully saturated rings. The van der Waals surface area contributed by atoms with E-state index in [1.807, 2.05) is 19.1 Å². The molecule has 0 spiro atoms. The largest absolute Gasteiger partial charge is 0.507 e. The second-order valence-electron chi connectivity index (χ2n) is 7.91. The zero-order chi connectivity index (χ0) is 21.7. The maximum Gasteiger partial charge on any atom is 0.300 e. The lowest BCUT2D eigenvalue weighted by atomic mass is 9.97. The highest BCUT2D eigenvalue weighted by Crippen LogP contribution is 2.43. The second-order valence-corrected chi connectivity index (χ2v) is 7.91. The normalized spacial score (nSPS) is 21.9. The van der Waals surface area contributed by atoms with Gasteiger partial charge in [0.25, 0.3) is 11.7 Å². The number of carbonyl (C=O) groups is 2. The summed E-state index contributed by atoms with van der Waals surface area (Å²) >= 11 is 0. The molecule has 0 aliphatic carbocycles. The van der Waals surface area contributed by atoms with Gasteiger partial charge >= 0.3 is 0 Å². The maximum atomic E-state index is 13.1. The standard InChI is InChI=1S/C25H21NO5/c1-14-8-10-20(30-14)22-21(24(28)25(29)26(22)18-6-4-3-5-7-18)23(27)16-9-11-19-17(13-16)12-15(2)31-19/h3-11,13,15,22,27H,12H2,1-2H3/b23-21-. The van der Waals surface area contributed by atoms with Crippen molar-refractivity contribution in [3.05, 3.63) is 88.9 Å². The minimum absolute atomic E-state index is 0.00937. The van der Waals surface area contributed by atoms with Crippen LogP contribution in [0.2, 0.25) is 0 Å². The van der Waals surface area contributed by atoms with E-state index in [1.165, 1.54) is 4.90 Å². The van der Waals surface area contributed by atoms with E-state index in [2.05, 4.69) is 0 Å². The minimum atomic E-state index is -0.862. The van der Waals surface area contributed by atoms with Crippen molar-refractivity contribution in [3.63, 3.8) is 0 Å². The maximum absolute atomic E-state index is 13.1. The van der Waals surface area contributed by atoms with Crippen LogP contribution in [-0.2, 0) is 16.0 Å². The van der Waals surface area contributed by atoms with Crippen LogP contribution in [-0.4, -0.2) is 22.9 Å². The summed E-state index contributed by atoms with van der Waals surface area (Å²) in [7, 11) is 0. The summed E-state index contributed by atoms with van der Waals surface area (Å²) < 4.78 is 11.5. The molecular formula is C25H21NO5. The molecule has 1 amide bonds. The molecule has 0 saturated carbocycles. The molecule has 1 saturated heterocycles. The summed E-state index contributed by atoms with van der Waals surface area (Å²) in [4.78, 5) is 27.5. The Balaban J connectivity index is 1.68. The monoisotopic (exact) mass is 415 g/mol. The van der Waals surface area contributed by atoms with E-state index in [4.69, 9.17) is 9.15 Å². The van der Waals surface area contributed by atoms with Gasteiger partial charge in [0, 0.05) is 17.7 Å². The molecule has 3 aromatic rings. The lowest BCUT2D eigenvalue weighted by Gasteiger charge is -2.23. The number of fused-ring (bicyclic) bond motifs is 1. The van der Waals surface area contributed by atoms with Crippen molar-refractivity contribution in [1.82, 2.24) is 0 Å². The van der Waals surface area contributed by atoms with Crippen molar-refractivity contribution in [2.75, 3.05) is 4.90 Å². The van der Waals surface area contributed by atoms with Crippen molar-refractivity contribution in [2.45, 2.75) is 32.4 Å². The number of aryl methyl sites for hydroxylation is 1. The van der Waals surface area contributed by atoms with Gasteiger partial charge in [-0.2, -0.15) is 0 Å². The van der Waals surface area contributed by atoms with Gasteiger partial charge in [0.05, 0.1) is 5.57 Å². The first-order valence-corrected chi connectivity index (χ1v) is 10.2. The average molecular weight is 415 g/mol. The molecule has 156 valence electrons. The molecule has 6 heteroatoms. The third kappa shape index (κ3) is 3.11. The molecule has 0 radical (unpaired) electrons. The molecule has 2 atom stereocenters. The van der Waals surface area contributed by atoms with E-state index in [0.717, 1.165) is 17.7 Å². The number of hydrogen-bond donors (Lipinski definition) is 1. The zero-order valence-corrected chi connectivity index (χ0v) is 17.2. The van der Waals surface area contributed by atoms with Crippen LogP contribution in [0.5, 0.6) is 5.75 Å². The summed E-state index contributed by atoms with van der Waals surface area (Å²) in [5, 5.41) is 11.2. The molecule has 3 heterocycles. The minimum Gasteiger partial charge on any atom is -0.507 e. The van der Waals surface area contributed by atoms with Gasteiger partial charge in [0.1, 0.15) is 35.2 Å². The van der Waals surface area contributed by atoms with Crippen molar-refractivity contribution >= 4 is 23.1 Å². The van der Waals surface area contributed by atoms with Crippen molar-refractivity contribution in [3.8, 4) is 5.75 Å². The van der Waals surface area contributed by atoms with Crippen molar-refractivity contribution in [2.24, 2.45) is 0 Å². The van der Waals surface area contributed by atoms with Crippen LogP contribution >= 0.6 is 0 Å². The highest BCUT2D eigenvalue weighted by Gasteiger charge is 2.48. The van der Waals surface area contributed by atoms with E-state index in [1.54, 1.807) is 55.5 Å². The Bertz CT molecular complexity index is 1220. The quantitative estimate of drug-likeness (QED) is 0.386. The molecule has 6 nitrogen and oxygen atoms in total. The Kier molecular flexibility index (Phi) is 4.43. The van der Waals surface area contributed by atoms with Crippen LogP contribution in [0.4, 0.5) is 5.69 Å². The summed E-state index contributed by atoms with van der Waals surface area (Å²) in [6, 6.07) is 16.9. The van der Waals surface area contributed by atoms with E-state index in [9.17, 15) is 14.7 Å². The first-order chi connectivity index (χ1) is 14.9. The molecule has 0 bridgehead atoms. The number of Topliss-reactive ketones (excluding diaryl/α,β-unsaturated/α-hetero) is 1. The molecule has 1 N–H and O–H groups in total. The molecule has 2 unspecified atom stereocenters. The number of furan rings is 1. The number of nitrogens with zero attached hydrogens (tertiary/aromatic N) is 1. The van der Waals surface area contributed by atoms with Crippen LogP contribution in [0, 0.1) is 6.92 Å². The number of anilines is 1. The Labute approximate surface area is 179 Å². The SMILES string of the molecule is Cc1ccc(C2/C(=C(/O)c3ccc4c(c3)CC(C)O4)C(=O)C(=O)N2c2ccccc2)o1. The number of aliphatic hydroxyl groups is 1. The first kappa shape index (κ1) is 19.2. The second kappa shape index (κ2) is 7.16. The van der Waals surface area contributed by atoms with Gasteiger partial charge < -0.3 is 14.3 Å². The van der Waals surface area contributed by atoms with Gasteiger partial charge in [-0.25, -0.2) is 0 Å². The van der Waals surface area contributed by atoms with Gasteiger partial charge in [-0.05, 0) is 61.9 Å². The Morgan fingerprint density at radius 1 is 1.06 bits per heavy atom. The predicted octanol–water partition coefficient (Wildman–Crippen LogP) is 4.54. The average Bonchev–Trinajstić information content (AvgIpc) is 3.43. The summed E-state index contributed by atoms with van der Waals surface area (Å²) in [6.07, 6.45) is 0.775. The summed E-state index contributed by atoms with van der Waals surface area (Å²) in [5.41, 5.74) is 1.99. The Hall–Kier alpha value is -3.80. The highest BCUT2D eigenvalue weighted by molar-refractivity contribution is 6.51. The van der Waals surface area contributed by atoms with Crippen LogP contribution in [0.1, 0.15) is 35.6 Å². The van der Waals surface area contributed by atoms with E-state index in [0.29, 0.717) is 22.8 Å². The fourth-order valence-corrected chi connectivity index (χ4v) is 4.28. The van der Waals surface area contributed by atoms with Gasteiger partial charge in [-0.15, -0.1) is 0 Å². The number of rotatable bonds is 3. The third-order valence-electron chi connectivity index (χ3n) is 5.68. The number of carbonyl (C=O) groups excluding carboxylic acids is 2.